The highest BCUT2D eigenvalue weighted by Crippen LogP contribution is 2.11. The first-order valence-electron chi connectivity index (χ1n) is 4.05. The molecule has 0 aliphatic heterocycles. The van der Waals surface area contributed by atoms with Gasteiger partial charge in [-0.05, 0) is 12.8 Å². The summed E-state index contributed by atoms with van der Waals surface area (Å²) in [7, 11) is 1.22. The zero-order valence-electron chi connectivity index (χ0n) is 7.79. The van der Waals surface area contributed by atoms with Crippen molar-refractivity contribution in [1.82, 2.24) is 0 Å². The number of carboxylic acids is 1. The van der Waals surface area contributed by atoms with E-state index in [1.807, 2.05) is 6.92 Å². The smallest absolute Gasteiger partial charge is 0.155 e. The SMILES string of the molecule is CCCC/C(C#N)=C(/OC)C(=O)[O-]. The number of unbranched alkanes of at least 4 members (excludes halogenated alkanes) is 1. The maximum absolute atomic E-state index is 10.4. The van der Waals surface area contributed by atoms with Crippen LogP contribution >= 0.6 is 0 Å². The Bertz CT molecular complexity index is 250. The number of aliphatic carboxylic acids is 1. The molecule has 0 spiro atoms. The number of nitrogens with zero attached hydrogens (tertiary/aromatic N) is 1. The van der Waals surface area contributed by atoms with Crippen molar-refractivity contribution in [2.75, 3.05) is 7.11 Å². The molecule has 0 aliphatic rings. The molecule has 0 rings (SSSR count). The molecule has 0 aromatic heterocycles. The third-order valence-corrected chi connectivity index (χ3v) is 1.58. The van der Waals surface area contributed by atoms with Gasteiger partial charge >= 0.3 is 0 Å². The topological polar surface area (TPSA) is 73.1 Å². The van der Waals surface area contributed by atoms with Gasteiger partial charge in [0.1, 0.15) is 5.97 Å². The molecule has 0 aromatic carbocycles. The van der Waals surface area contributed by atoms with E-state index >= 15 is 0 Å². The number of methoxy groups -OCH3 is 1. The molecule has 0 atom stereocenters. The van der Waals surface area contributed by atoms with Gasteiger partial charge in [-0.2, -0.15) is 5.26 Å². The molecule has 0 unspecified atom stereocenters. The average molecular weight is 182 g/mol. The molecule has 0 N–H and O–H groups in total. The second-order valence-electron chi connectivity index (χ2n) is 2.51. The van der Waals surface area contributed by atoms with E-state index in [2.05, 4.69) is 4.74 Å². The third kappa shape index (κ3) is 3.61. The fourth-order valence-corrected chi connectivity index (χ4v) is 0.903. The molecule has 0 aromatic rings. The highest BCUT2D eigenvalue weighted by molar-refractivity contribution is 5.84. The molecule has 4 heteroatoms. The molecule has 0 amide bonds. The summed E-state index contributed by atoms with van der Waals surface area (Å²) in [6.07, 6.45) is 2.09. The van der Waals surface area contributed by atoms with Crippen LogP contribution in [0, 0.1) is 11.3 Å². The first-order valence-corrected chi connectivity index (χ1v) is 4.05. The summed E-state index contributed by atoms with van der Waals surface area (Å²) in [6, 6.07) is 1.80. The Morgan fingerprint density at radius 3 is 2.54 bits per heavy atom. The average Bonchev–Trinajstić information content (AvgIpc) is 2.11. The van der Waals surface area contributed by atoms with E-state index in [4.69, 9.17) is 5.26 Å². The van der Waals surface area contributed by atoms with Crippen molar-refractivity contribution in [2.45, 2.75) is 26.2 Å². The van der Waals surface area contributed by atoms with Crippen molar-refractivity contribution in [2.24, 2.45) is 0 Å². The quantitative estimate of drug-likeness (QED) is 0.349. The number of nitriles is 1. The summed E-state index contributed by atoms with van der Waals surface area (Å²) in [6.45, 7) is 1.96. The number of hydrogen-bond acceptors (Lipinski definition) is 4. The van der Waals surface area contributed by atoms with Crippen LogP contribution in [0.5, 0.6) is 0 Å². The summed E-state index contributed by atoms with van der Waals surface area (Å²) in [5.41, 5.74) is 0.143. The summed E-state index contributed by atoms with van der Waals surface area (Å²) in [5.74, 6) is -1.79. The Labute approximate surface area is 77.4 Å². The van der Waals surface area contributed by atoms with Crippen molar-refractivity contribution in [3.05, 3.63) is 11.3 Å². The van der Waals surface area contributed by atoms with Crippen LogP contribution in [0.2, 0.25) is 0 Å². The lowest BCUT2D eigenvalue weighted by Gasteiger charge is -2.09. The standard InChI is InChI=1S/C9H13NO3/c1-3-4-5-7(6-10)8(13-2)9(11)12/h3-5H2,1-2H3,(H,11,12)/p-1/b8-7-. The number of carbonyl (C=O) groups excluding carboxylic acids is 1. The van der Waals surface area contributed by atoms with Crippen LogP contribution in [-0.4, -0.2) is 13.1 Å². The van der Waals surface area contributed by atoms with Crippen LogP contribution < -0.4 is 5.11 Å². The molecule has 0 heterocycles. The van der Waals surface area contributed by atoms with E-state index in [0.29, 0.717) is 6.42 Å². The molecular formula is C9H12NO3-. The van der Waals surface area contributed by atoms with Crippen molar-refractivity contribution in [3.63, 3.8) is 0 Å². The van der Waals surface area contributed by atoms with Crippen molar-refractivity contribution < 1.29 is 14.6 Å². The Morgan fingerprint density at radius 1 is 1.62 bits per heavy atom. The molecule has 0 saturated heterocycles. The summed E-state index contributed by atoms with van der Waals surface area (Å²) in [4.78, 5) is 10.4. The first-order chi connectivity index (χ1) is 6.17. The zero-order valence-corrected chi connectivity index (χ0v) is 7.79. The molecule has 0 aliphatic carbocycles. The van der Waals surface area contributed by atoms with Gasteiger partial charge < -0.3 is 14.6 Å². The Kier molecular flexibility index (Phi) is 5.37. The lowest BCUT2D eigenvalue weighted by molar-refractivity contribution is -0.303. The first kappa shape index (κ1) is 11.5. The molecule has 4 nitrogen and oxygen atoms in total. The van der Waals surface area contributed by atoms with Gasteiger partial charge in [0, 0.05) is 0 Å². The van der Waals surface area contributed by atoms with E-state index in [1.54, 1.807) is 6.07 Å². The van der Waals surface area contributed by atoms with Crippen LogP contribution in [0.4, 0.5) is 0 Å². The molecule has 13 heavy (non-hydrogen) atoms. The minimum absolute atomic E-state index is 0.143. The van der Waals surface area contributed by atoms with Gasteiger partial charge in [-0.1, -0.05) is 13.3 Å². The minimum atomic E-state index is -1.44. The van der Waals surface area contributed by atoms with Crippen molar-refractivity contribution in [1.29, 1.82) is 5.26 Å². The van der Waals surface area contributed by atoms with Gasteiger partial charge in [0.25, 0.3) is 0 Å². The number of carboxylic acid groups (broad SMARTS) is 1. The van der Waals surface area contributed by atoms with E-state index in [9.17, 15) is 9.90 Å². The maximum atomic E-state index is 10.4. The van der Waals surface area contributed by atoms with Crippen molar-refractivity contribution in [3.8, 4) is 6.07 Å². The largest absolute Gasteiger partial charge is 0.542 e. The van der Waals surface area contributed by atoms with Crippen LogP contribution in [-0.2, 0) is 9.53 Å². The van der Waals surface area contributed by atoms with Crippen LogP contribution in [0.25, 0.3) is 0 Å². The Morgan fingerprint density at radius 2 is 2.23 bits per heavy atom. The summed E-state index contributed by atoms with van der Waals surface area (Å²) >= 11 is 0. The monoisotopic (exact) mass is 182 g/mol. The highest BCUT2D eigenvalue weighted by atomic mass is 16.5. The molecule has 0 saturated carbocycles. The van der Waals surface area contributed by atoms with Gasteiger partial charge in [-0.15, -0.1) is 0 Å². The highest BCUT2D eigenvalue weighted by Gasteiger charge is 2.07. The number of carbonyl (C=O) groups is 1. The number of allylic oxidation sites excluding steroid dienone is 1. The van der Waals surface area contributed by atoms with E-state index in [0.717, 1.165) is 12.8 Å². The van der Waals surface area contributed by atoms with Gasteiger partial charge in [-0.25, -0.2) is 0 Å². The number of ether oxygens (including phenoxy) is 1. The van der Waals surface area contributed by atoms with Gasteiger partial charge in [0.15, 0.2) is 5.76 Å². The predicted molar refractivity (Wildman–Crippen MR) is 44.2 cm³/mol. The lowest BCUT2D eigenvalue weighted by Crippen LogP contribution is -2.26. The van der Waals surface area contributed by atoms with E-state index in [-0.39, 0.29) is 11.3 Å². The Hall–Kier alpha value is -1.50. The van der Waals surface area contributed by atoms with Gasteiger partial charge in [-0.3, -0.25) is 0 Å². The third-order valence-electron chi connectivity index (χ3n) is 1.58. The zero-order chi connectivity index (χ0) is 10.3. The Balaban J connectivity index is 4.65. The summed E-state index contributed by atoms with van der Waals surface area (Å²) < 4.78 is 4.56. The number of hydrogen-bond donors (Lipinski definition) is 0. The van der Waals surface area contributed by atoms with E-state index in [1.165, 1.54) is 7.11 Å². The van der Waals surface area contributed by atoms with Crippen molar-refractivity contribution >= 4 is 5.97 Å². The number of rotatable bonds is 5. The molecule has 0 bridgehead atoms. The maximum Gasteiger partial charge on any atom is 0.155 e. The summed E-state index contributed by atoms with van der Waals surface area (Å²) in [5, 5.41) is 19.1. The molecular weight excluding hydrogens is 170 g/mol. The second-order valence-corrected chi connectivity index (χ2v) is 2.51. The minimum Gasteiger partial charge on any atom is -0.542 e. The normalized spacial score (nSPS) is 11.5. The predicted octanol–water partition coefficient (Wildman–Crippen LogP) is 0.351. The fraction of sp³-hybridized carbons (Fsp3) is 0.556. The van der Waals surface area contributed by atoms with Gasteiger partial charge in [0.05, 0.1) is 18.8 Å². The molecule has 0 radical (unpaired) electrons. The molecule has 72 valence electrons. The van der Waals surface area contributed by atoms with Gasteiger partial charge in [0.2, 0.25) is 0 Å². The van der Waals surface area contributed by atoms with Crippen LogP contribution in [0.3, 0.4) is 0 Å². The second kappa shape index (κ2) is 6.06. The fourth-order valence-electron chi connectivity index (χ4n) is 0.903. The van der Waals surface area contributed by atoms with Crippen LogP contribution in [0.1, 0.15) is 26.2 Å². The van der Waals surface area contributed by atoms with Crippen LogP contribution in [0.15, 0.2) is 11.3 Å². The molecule has 0 fully saturated rings. The van der Waals surface area contributed by atoms with E-state index < -0.39 is 5.97 Å². The lowest BCUT2D eigenvalue weighted by atomic mass is 10.1.